The summed E-state index contributed by atoms with van der Waals surface area (Å²) in [5, 5.41) is 8.56. The van der Waals surface area contributed by atoms with E-state index >= 15 is 0 Å². The number of rotatable bonds is 2. The van der Waals surface area contributed by atoms with Gasteiger partial charge in [-0.2, -0.15) is 4.98 Å². The molecule has 0 spiro atoms. The van der Waals surface area contributed by atoms with Gasteiger partial charge in [0.2, 0.25) is 5.95 Å². The van der Waals surface area contributed by atoms with Crippen LogP contribution in [0.1, 0.15) is 0 Å². The number of aromatic nitrogens is 3. The van der Waals surface area contributed by atoms with Gasteiger partial charge in [0.15, 0.2) is 5.65 Å². The topological polar surface area (TPSA) is 48.7 Å². The predicted octanol–water partition coefficient (Wildman–Crippen LogP) is 0.476. The average molecular weight is 293 g/mol. The molecule has 0 unspecified atom stereocenters. The van der Waals surface area contributed by atoms with Crippen LogP contribution >= 0.6 is 11.6 Å². The third-order valence-electron chi connectivity index (χ3n) is 4.10. The molecule has 20 heavy (non-hydrogen) atoms. The van der Waals surface area contributed by atoms with Crippen molar-refractivity contribution < 1.29 is 0 Å². The lowest BCUT2D eigenvalue weighted by Gasteiger charge is -2.46. The Morgan fingerprint density at radius 2 is 2.00 bits per heavy atom. The maximum absolute atomic E-state index is 5.97. The minimum absolute atomic E-state index is 0.646. The lowest BCUT2D eigenvalue weighted by Crippen LogP contribution is -2.63. The molecule has 1 N–H and O–H groups in total. The summed E-state index contributed by atoms with van der Waals surface area (Å²) in [4.78, 5) is 9.33. The standard InChI is InChI=1S/C13H17ClN6/c14-10-1-2-12-16-13(17-20(12)7-10)19-8-11(9-19)18-5-3-15-4-6-18/h1-2,7,11,15H,3-6,8-9H2. The minimum Gasteiger partial charge on any atom is -0.336 e. The molecule has 106 valence electrons. The van der Waals surface area contributed by atoms with Gasteiger partial charge in [-0.05, 0) is 12.1 Å². The SMILES string of the molecule is Clc1ccc2nc(N3CC(N4CCNCC4)C3)nn2c1. The fourth-order valence-electron chi connectivity index (χ4n) is 2.88. The van der Waals surface area contributed by atoms with Gasteiger partial charge in [-0.3, -0.25) is 4.90 Å². The lowest BCUT2D eigenvalue weighted by atomic mass is 10.1. The van der Waals surface area contributed by atoms with Gasteiger partial charge in [0.1, 0.15) is 0 Å². The summed E-state index contributed by atoms with van der Waals surface area (Å²) in [6, 6.07) is 4.38. The molecule has 2 aromatic heterocycles. The Bertz CT molecular complexity index is 614. The molecule has 7 heteroatoms. The highest BCUT2D eigenvalue weighted by atomic mass is 35.5. The number of fused-ring (bicyclic) bond motifs is 1. The second-order valence-electron chi connectivity index (χ2n) is 5.41. The molecule has 6 nitrogen and oxygen atoms in total. The van der Waals surface area contributed by atoms with Crippen LogP contribution in [-0.4, -0.2) is 64.8 Å². The molecule has 2 aromatic rings. The molecule has 0 amide bonds. The second kappa shape index (κ2) is 4.87. The molecular formula is C13H17ClN6. The van der Waals surface area contributed by atoms with Crippen LogP contribution in [0.4, 0.5) is 5.95 Å². The summed E-state index contributed by atoms with van der Waals surface area (Å²) >= 11 is 5.97. The first kappa shape index (κ1) is 12.4. The van der Waals surface area contributed by atoms with Gasteiger partial charge in [0.05, 0.1) is 5.02 Å². The van der Waals surface area contributed by atoms with Crippen LogP contribution in [0.15, 0.2) is 18.3 Å². The van der Waals surface area contributed by atoms with Crippen LogP contribution in [0.2, 0.25) is 5.02 Å². The van der Waals surface area contributed by atoms with Gasteiger partial charge >= 0.3 is 0 Å². The van der Waals surface area contributed by atoms with Crippen molar-refractivity contribution in [1.29, 1.82) is 0 Å². The zero-order valence-corrected chi connectivity index (χ0v) is 11.9. The van der Waals surface area contributed by atoms with Gasteiger partial charge < -0.3 is 10.2 Å². The summed E-state index contributed by atoms with van der Waals surface area (Å²) in [5.41, 5.74) is 0.843. The second-order valence-corrected chi connectivity index (χ2v) is 5.84. The van der Waals surface area contributed by atoms with Crippen LogP contribution < -0.4 is 10.2 Å². The zero-order chi connectivity index (χ0) is 13.5. The van der Waals surface area contributed by atoms with Crippen molar-refractivity contribution in [2.75, 3.05) is 44.2 Å². The van der Waals surface area contributed by atoms with E-state index in [0.717, 1.165) is 50.9 Å². The molecular weight excluding hydrogens is 276 g/mol. The largest absolute Gasteiger partial charge is 0.336 e. The molecule has 0 aromatic carbocycles. The predicted molar refractivity (Wildman–Crippen MR) is 78.4 cm³/mol. The van der Waals surface area contributed by atoms with E-state index < -0.39 is 0 Å². The van der Waals surface area contributed by atoms with E-state index in [9.17, 15) is 0 Å². The highest BCUT2D eigenvalue weighted by Gasteiger charge is 2.34. The summed E-state index contributed by atoms with van der Waals surface area (Å²) in [5.74, 6) is 0.804. The third-order valence-corrected chi connectivity index (χ3v) is 4.32. The zero-order valence-electron chi connectivity index (χ0n) is 11.2. The van der Waals surface area contributed by atoms with E-state index in [2.05, 4.69) is 25.2 Å². The Balaban J connectivity index is 1.46. The summed E-state index contributed by atoms with van der Waals surface area (Å²) in [6.07, 6.45) is 1.79. The van der Waals surface area contributed by atoms with Crippen LogP contribution in [0.25, 0.3) is 5.65 Å². The first-order chi connectivity index (χ1) is 9.79. The van der Waals surface area contributed by atoms with Crippen LogP contribution in [0, 0.1) is 0 Å². The Morgan fingerprint density at radius 1 is 1.20 bits per heavy atom. The van der Waals surface area contributed by atoms with Gasteiger partial charge in [0.25, 0.3) is 0 Å². The van der Waals surface area contributed by atoms with Crippen LogP contribution in [0.3, 0.4) is 0 Å². The quantitative estimate of drug-likeness (QED) is 0.872. The van der Waals surface area contributed by atoms with Crippen molar-refractivity contribution >= 4 is 23.2 Å². The summed E-state index contributed by atoms with van der Waals surface area (Å²) in [7, 11) is 0. The molecule has 0 bridgehead atoms. The van der Waals surface area contributed by atoms with E-state index in [0.29, 0.717) is 11.1 Å². The number of nitrogens with zero attached hydrogens (tertiary/aromatic N) is 5. The number of nitrogens with one attached hydrogen (secondary N) is 1. The fourth-order valence-corrected chi connectivity index (χ4v) is 3.03. The summed E-state index contributed by atoms with van der Waals surface area (Å²) < 4.78 is 1.75. The molecule has 0 atom stereocenters. The van der Waals surface area contributed by atoms with E-state index in [1.54, 1.807) is 10.7 Å². The monoisotopic (exact) mass is 292 g/mol. The fraction of sp³-hybridized carbons (Fsp3) is 0.538. The molecule has 2 fully saturated rings. The Kier molecular flexibility index (Phi) is 3.02. The maximum atomic E-state index is 5.97. The molecule has 4 rings (SSSR count). The first-order valence-electron chi connectivity index (χ1n) is 7.01. The summed E-state index contributed by atoms with van der Waals surface area (Å²) in [6.45, 7) is 6.53. The smallest absolute Gasteiger partial charge is 0.245 e. The number of hydrogen-bond donors (Lipinski definition) is 1. The Morgan fingerprint density at radius 3 is 2.80 bits per heavy atom. The molecule has 2 saturated heterocycles. The minimum atomic E-state index is 0.646. The highest BCUT2D eigenvalue weighted by Crippen LogP contribution is 2.22. The van der Waals surface area contributed by atoms with Crippen molar-refractivity contribution in [3.63, 3.8) is 0 Å². The molecule has 2 aliphatic heterocycles. The van der Waals surface area contributed by atoms with E-state index in [-0.39, 0.29) is 0 Å². The molecule has 0 aliphatic carbocycles. The Hall–Kier alpha value is -1.37. The average Bonchev–Trinajstić information content (AvgIpc) is 2.80. The van der Waals surface area contributed by atoms with E-state index in [4.69, 9.17) is 11.6 Å². The normalized spacial score (nSPS) is 21.4. The van der Waals surface area contributed by atoms with Crippen LogP contribution in [-0.2, 0) is 0 Å². The number of pyridine rings is 1. The van der Waals surface area contributed by atoms with Crippen molar-refractivity contribution in [3.05, 3.63) is 23.4 Å². The molecule has 2 aliphatic rings. The van der Waals surface area contributed by atoms with Crippen LogP contribution in [0.5, 0.6) is 0 Å². The van der Waals surface area contributed by atoms with Gasteiger partial charge in [-0.15, -0.1) is 5.10 Å². The van der Waals surface area contributed by atoms with Gasteiger partial charge in [-0.1, -0.05) is 11.6 Å². The van der Waals surface area contributed by atoms with Crippen molar-refractivity contribution in [1.82, 2.24) is 24.8 Å². The Labute approximate surface area is 122 Å². The third kappa shape index (κ3) is 2.13. The molecule has 4 heterocycles. The first-order valence-corrected chi connectivity index (χ1v) is 7.39. The van der Waals surface area contributed by atoms with Crippen molar-refractivity contribution in [2.45, 2.75) is 6.04 Å². The number of halogens is 1. The highest BCUT2D eigenvalue weighted by molar-refractivity contribution is 6.30. The molecule has 0 radical (unpaired) electrons. The van der Waals surface area contributed by atoms with E-state index in [1.807, 2.05) is 12.1 Å². The number of hydrogen-bond acceptors (Lipinski definition) is 5. The number of piperazine rings is 1. The maximum Gasteiger partial charge on any atom is 0.245 e. The van der Waals surface area contributed by atoms with E-state index in [1.165, 1.54) is 0 Å². The van der Waals surface area contributed by atoms with Gasteiger partial charge in [0, 0.05) is 51.5 Å². The number of anilines is 1. The molecule has 0 saturated carbocycles. The van der Waals surface area contributed by atoms with Crippen molar-refractivity contribution in [3.8, 4) is 0 Å². The lowest BCUT2D eigenvalue weighted by molar-refractivity contribution is 0.146. The van der Waals surface area contributed by atoms with Crippen molar-refractivity contribution in [2.24, 2.45) is 0 Å². The van der Waals surface area contributed by atoms with Gasteiger partial charge in [-0.25, -0.2) is 4.52 Å².